The fraction of sp³-hybridized carbons (Fsp3) is 0.0455. The van der Waals surface area contributed by atoms with E-state index in [1.165, 1.54) is 18.2 Å². The number of hydrogen-bond acceptors (Lipinski definition) is 4. The number of amides is 1. The molecular formula is C22H15ClFN3O2S. The molecule has 0 radical (unpaired) electrons. The van der Waals surface area contributed by atoms with E-state index in [9.17, 15) is 9.18 Å². The summed E-state index contributed by atoms with van der Waals surface area (Å²) in [7, 11) is 0. The molecule has 4 aromatic rings. The Kier molecular flexibility index (Phi) is 5.74. The van der Waals surface area contributed by atoms with Gasteiger partial charge in [-0.05, 0) is 66.3 Å². The highest BCUT2D eigenvalue weighted by Gasteiger charge is 2.11. The van der Waals surface area contributed by atoms with Crippen molar-refractivity contribution in [1.29, 1.82) is 0 Å². The molecule has 0 aliphatic carbocycles. The lowest BCUT2D eigenvalue weighted by Crippen LogP contribution is -2.34. The molecule has 0 unspecified atom stereocenters. The van der Waals surface area contributed by atoms with Crippen molar-refractivity contribution >= 4 is 51.6 Å². The van der Waals surface area contributed by atoms with Gasteiger partial charge < -0.3 is 9.73 Å². The van der Waals surface area contributed by atoms with E-state index >= 15 is 0 Å². The van der Waals surface area contributed by atoms with Crippen LogP contribution >= 0.6 is 23.8 Å². The van der Waals surface area contributed by atoms with Gasteiger partial charge in [-0.25, -0.2) is 9.37 Å². The summed E-state index contributed by atoms with van der Waals surface area (Å²) >= 11 is 11.1. The quantitative estimate of drug-likeness (QED) is 0.420. The predicted octanol–water partition coefficient (Wildman–Crippen LogP) is 5.34. The van der Waals surface area contributed by atoms with Crippen LogP contribution < -0.4 is 10.6 Å². The molecule has 4 rings (SSSR count). The highest BCUT2D eigenvalue weighted by Crippen LogP contribution is 2.22. The van der Waals surface area contributed by atoms with E-state index in [0.717, 1.165) is 11.6 Å². The molecule has 1 aromatic heterocycles. The number of halogens is 2. The maximum Gasteiger partial charge on any atom is 0.257 e. The average molecular weight is 440 g/mol. The Hall–Kier alpha value is -3.29. The summed E-state index contributed by atoms with van der Waals surface area (Å²) in [5.41, 5.74) is 3.14. The first-order chi connectivity index (χ1) is 14.5. The highest BCUT2D eigenvalue weighted by atomic mass is 35.5. The van der Waals surface area contributed by atoms with Crippen LogP contribution in [0.5, 0.6) is 0 Å². The van der Waals surface area contributed by atoms with Gasteiger partial charge in [0, 0.05) is 22.7 Å². The van der Waals surface area contributed by atoms with E-state index in [1.54, 1.807) is 18.2 Å². The van der Waals surface area contributed by atoms with Crippen molar-refractivity contribution in [2.45, 2.75) is 6.42 Å². The van der Waals surface area contributed by atoms with E-state index < -0.39 is 11.7 Å². The molecule has 8 heteroatoms. The van der Waals surface area contributed by atoms with Gasteiger partial charge in [0.25, 0.3) is 5.91 Å². The van der Waals surface area contributed by atoms with Crippen molar-refractivity contribution in [3.63, 3.8) is 0 Å². The Bertz CT molecular complexity index is 1240. The number of benzene rings is 3. The van der Waals surface area contributed by atoms with E-state index in [-0.39, 0.29) is 10.7 Å². The van der Waals surface area contributed by atoms with Crippen LogP contribution in [0, 0.1) is 5.82 Å². The Balaban J connectivity index is 1.43. The van der Waals surface area contributed by atoms with Crippen LogP contribution in [0.15, 0.2) is 71.1 Å². The monoisotopic (exact) mass is 439 g/mol. The molecule has 150 valence electrons. The Morgan fingerprint density at radius 2 is 1.90 bits per heavy atom. The van der Waals surface area contributed by atoms with Gasteiger partial charge >= 0.3 is 0 Å². The summed E-state index contributed by atoms with van der Waals surface area (Å²) in [6, 6.07) is 18.2. The van der Waals surface area contributed by atoms with Crippen molar-refractivity contribution < 1.29 is 13.6 Å². The number of carbonyl (C=O) groups is 1. The van der Waals surface area contributed by atoms with Crippen molar-refractivity contribution in [1.82, 2.24) is 10.3 Å². The number of thiocarbonyl (C=S) groups is 1. The number of carbonyl (C=O) groups excluding carboxylic acids is 1. The van der Waals surface area contributed by atoms with E-state index in [1.807, 2.05) is 24.3 Å². The smallest absolute Gasteiger partial charge is 0.257 e. The van der Waals surface area contributed by atoms with E-state index in [0.29, 0.717) is 34.1 Å². The van der Waals surface area contributed by atoms with Crippen molar-refractivity contribution in [2.75, 3.05) is 5.32 Å². The lowest BCUT2D eigenvalue weighted by molar-refractivity contribution is 0.0977. The minimum Gasteiger partial charge on any atom is -0.440 e. The van der Waals surface area contributed by atoms with Gasteiger partial charge in [0.1, 0.15) is 11.3 Å². The Morgan fingerprint density at radius 3 is 2.67 bits per heavy atom. The summed E-state index contributed by atoms with van der Waals surface area (Å²) < 4.78 is 19.1. The number of fused-ring (bicyclic) bond motifs is 1. The zero-order valence-corrected chi connectivity index (χ0v) is 17.1. The van der Waals surface area contributed by atoms with E-state index in [4.69, 9.17) is 28.2 Å². The van der Waals surface area contributed by atoms with Gasteiger partial charge in [-0.15, -0.1) is 0 Å². The molecule has 1 amide bonds. The SMILES string of the molecule is O=C(NC(=S)Nc1ccc2oc(Cc3ccc(Cl)cc3)nc2c1)c1cccc(F)c1. The first-order valence-electron chi connectivity index (χ1n) is 8.98. The number of oxazole rings is 1. The minimum absolute atomic E-state index is 0.0912. The van der Waals surface area contributed by atoms with Crippen LogP contribution in [-0.4, -0.2) is 16.0 Å². The molecule has 0 spiro atoms. The molecule has 1 heterocycles. The van der Waals surface area contributed by atoms with Crippen LogP contribution in [0.2, 0.25) is 5.02 Å². The van der Waals surface area contributed by atoms with Gasteiger partial charge in [-0.2, -0.15) is 0 Å². The van der Waals surface area contributed by atoms with Crippen LogP contribution in [-0.2, 0) is 6.42 Å². The fourth-order valence-corrected chi connectivity index (χ4v) is 3.21. The van der Waals surface area contributed by atoms with Crippen LogP contribution in [0.1, 0.15) is 21.8 Å². The molecular weight excluding hydrogens is 425 g/mol. The third-order valence-electron chi connectivity index (χ3n) is 4.27. The van der Waals surface area contributed by atoms with E-state index in [2.05, 4.69) is 15.6 Å². The molecule has 0 saturated carbocycles. The van der Waals surface area contributed by atoms with Gasteiger partial charge in [0.05, 0.1) is 0 Å². The summed E-state index contributed by atoms with van der Waals surface area (Å²) in [6.45, 7) is 0. The number of hydrogen-bond donors (Lipinski definition) is 2. The first-order valence-corrected chi connectivity index (χ1v) is 9.77. The number of anilines is 1. The molecule has 0 atom stereocenters. The number of nitrogens with zero attached hydrogens (tertiary/aromatic N) is 1. The van der Waals surface area contributed by atoms with Gasteiger partial charge in [-0.1, -0.05) is 29.8 Å². The number of aromatic nitrogens is 1. The molecule has 0 bridgehead atoms. The second kappa shape index (κ2) is 8.61. The van der Waals surface area contributed by atoms with Crippen LogP contribution in [0.25, 0.3) is 11.1 Å². The number of rotatable bonds is 4. The second-order valence-electron chi connectivity index (χ2n) is 6.51. The molecule has 0 aliphatic heterocycles. The first kappa shape index (κ1) is 20.0. The third kappa shape index (κ3) is 4.82. The van der Waals surface area contributed by atoms with Gasteiger partial charge in [-0.3, -0.25) is 10.1 Å². The zero-order chi connectivity index (χ0) is 21.1. The van der Waals surface area contributed by atoms with Crippen LogP contribution in [0.3, 0.4) is 0 Å². The molecule has 0 aliphatic rings. The Morgan fingerprint density at radius 1 is 1.10 bits per heavy atom. The van der Waals surface area contributed by atoms with Crippen molar-refractivity contribution in [3.05, 3.63) is 94.6 Å². The zero-order valence-electron chi connectivity index (χ0n) is 15.5. The minimum atomic E-state index is -0.500. The normalized spacial score (nSPS) is 10.7. The fourth-order valence-electron chi connectivity index (χ4n) is 2.87. The maximum atomic E-state index is 13.3. The van der Waals surface area contributed by atoms with Gasteiger partial charge in [0.2, 0.25) is 0 Å². The maximum absolute atomic E-state index is 13.3. The molecule has 30 heavy (non-hydrogen) atoms. The molecule has 3 aromatic carbocycles. The summed E-state index contributed by atoms with van der Waals surface area (Å²) in [4.78, 5) is 16.7. The Labute approximate surface area is 181 Å². The average Bonchev–Trinajstić information content (AvgIpc) is 3.11. The van der Waals surface area contributed by atoms with Crippen molar-refractivity contribution in [3.8, 4) is 0 Å². The lowest BCUT2D eigenvalue weighted by atomic mass is 10.1. The summed E-state index contributed by atoms with van der Waals surface area (Å²) in [6.07, 6.45) is 0.538. The van der Waals surface area contributed by atoms with Gasteiger partial charge in [0.15, 0.2) is 16.6 Å². The molecule has 0 fully saturated rings. The lowest BCUT2D eigenvalue weighted by Gasteiger charge is -2.09. The highest BCUT2D eigenvalue weighted by molar-refractivity contribution is 7.80. The summed E-state index contributed by atoms with van der Waals surface area (Å²) in [5.74, 6) is -0.418. The molecule has 0 saturated heterocycles. The standard InChI is InChI=1S/C22H15ClFN3O2S/c23-15-6-4-13(5-7-15)10-20-26-18-12-17(8-9-19(18)29-20)25-22(30)27-21(28)14-2-1-3-16(24)11-14/h1-9,11-12H,10H2,(H2,25,27,28,30). The third-order valence-corrected chi connectivity index (χ3v) is 4.73. The molecule has 2 N–H and O–H groups in total. The summed E-state index contributed by atoms with van der Waals surface area (Å²) in [5, 5.41) is 6.21. The topological polar surface area (TPSA) is 67.2 Å². The van der Waals surface area contributed by atoms with Crippen LogP contribution in [0.4, 0.5) is 10.1 Å². The second-order valence-corrected chi connectivity index (χ2v) is 7.36. The largest absolute Gasteiger partial charge is 0.440 e. The molecule has 5 nitrogen and oxygen atoms in total. The number of nitrogens with one attached hydrogen (secondary N) is 2. The van der Waals surface area contributed by atoms with Crippen molar-refractivity contribution in [2.24, 2.45) is 0 Å². The predicted molar refractivity (Wildman–Crippen MR) is 118 cm³/mol.